The molecule has 1 aliphatic rings. The second-order valence-electron chi connectivity index (χ2n) is 6.23. The summed E-state index contributed by atoms with van der Waals surface area (Å²) in [5.74, 6) is 2.19. The average Bonchev–Trinajstić information content (AvgIpc) is 3.05. The summed E-state index contributed by atoms with van der Waals surface area (Å²) in [5.41, 5.74) is 3.05. The number of benzene rings is 2. The first kappa shape index (κ1) is 17.2. The zero-order chi connectivity index (χ0) is 17.6. The maximum Gasteiger partial charge on any atom is 0.234 e. The minimum Gasteiger partial charge on any atom is -0.351 e. The SMILES string of the molecule is C#CCN(CC(=O)NCc1ccccc1F)[C@@H]1CCc2ccccc21. The van der Waals surface area contributed by atoms with Gasteiger partial charge in [0.25, 0.3) is 0 Å². The van der Waals surface area contributed by atoms with Gasteiger partial charge in [-0.05, 0) is 30.0 Å². The standard InChI is InChI=1S/C21H21FN2O/c1-2-13-24(20-12-11-16-7-3-5-9-18(16)20)15-21(25)23-14-17-8-4-6-10-19(17)22/h1,3-10,20H,11-15H2,(H,23,25)/t20-/m1/s1. The highest BCUT2D eigenvalue weighted by molar-refractivity contribution is 5.78. The summed E-state index contributed by atoms with van der Waals surface area (Å²) in [7, 11) is 0. The lowest BCUT2D eigenvalue weighted by Crippen LogP contribution is -2.39. The quantitative estimate of drug-likeness (QED) is 0.822. The molecule has 3 nitrogen and oxygen atoms in total. The lowest BCUT2D eigenvalue weighted by atomic mass is 10.1. The Labute approximate surface area is 147 Å². The minimum absolute atomic E-state index is 0.150. The van der Waals surface area contributed by atoms with Crippen LogP contribution in [0.1, 0.15) is 29.2 Å². The number of fused-ring (bicyclic) bond motifs is 1. The molecule has 2 aromatic rings. The molecular formula is C21H21FN2O. The Hall–Kier alpha value is -2.64. The largest absolute Gasteiger partial charge is 0.351 e. The zero-order valence-electron chi connectivity index (χ0n) is 14.0. The molecule has 0 saturated heterocycles. The summed E-state index contributed by atoms with van der Waals surface area (Å²) < 4.78 is 13.6. The van der Waals surface area contributed by atoms with E-state index in [1.54, 1.807) is 18.2 Å². The lowest BCUT2D eigenvalue weighted by Gasteiger charge is -2.27. The summed E-state index contributed by atoms with van der Waals surface area (Å²) in [4.78, 5) is 14.4. The van der Waals surface area contributed by atoms with Crippen LogP contribution in [0.2, 0.25) is 0 Å². The summed E-state index contributed by atoms with van der Waals surface area (Å²) in [6.07, 6.45) is 7.46. The van der Waals surface area contributed by atoms with Crippen molar-refractivity contribution < 1.29 is 9.18 Å². The molecule has 4 heteroatoms. The van der Waals surface area contributed by atoms with Gasteiger partial charge in [-0.15, -0.1) is 6.42 Å². The van der Waals surface area contributed by atoms with E-state index in [2.05, 4.69) is 23.4 Å². The van der Waals surface area contributed by atoms with Gasteiger partial charge in [0.05, 0.1) is 13.1 Å². The fourth-order valence-corrected chi connectivity index (χ4v) is 3.38. The summed E-state index contributed by atoms with van der Waals surface area (Å²) in [6, 6.07) is 14.9. The molecule has 0 radical (unpaired) electrons. The molecule has 0 bridgehead atoms. The number of terminal acetylenes is 1. The molecule has 0 aliphatic heterocycles. The fraction of sp³-hybridized carbons (Fsp3) is 0.286. The van der Waals surface area contributed by atoms with E-state index in [1.165, 1.54) is 17.2 Å². The first-order valence-electron chi connectivity index (χ1n) is 8.44. The van der Waals surface area contributed by atoms with Crippen LogP contribution >= 0.6 is 0 Å². The molecule has 2 aromatic carbocycles. The second-order valence-corrected chi connectivity index (χ2v) is 6.23. The highest BCUT2D eigenvalue weighted by Gasteiger charge is 2.28. The van der Waals surface area contributed by atoms with Crippen LogP contribution in [0, 0.1) is 18.2 Å². The number of carbonyl (C=O) groups excluding carboxylic acids is 1. The van der Waals surface area contributed by atoms with Crippen LogP contribution in [0.3, 0.4) is 0 Å². The first-order valence-corrected chi connectivity index (χ1v) is 8.44. The van der Waals surface area contributed by atoms with Crippen LogP contribution in [0.4, 0.5) is 4.39 Å². The average molecular weight is 336 g/mol. The van der Waals surface area contributed by atoms with Crippen molar-refractivity contribution in [2.75, 3.05) is 13.1 Å². The lowest BCUT2D eigenvalue weighted by molar-refractivity contribution is -0.122. The van der Waals surface area contributed by atoms with Crippen LogP contribution in [-0.4, -0.2) is 23.9 Å². The van der Waals surface area contributed by atoms with Gasteiger partial charge in [-0.1, -0.05) is 48.4 Å². The summed E-state index contributed by atoms with van der Waals surface area (Å²) >= 11 is 0. The Morgan fingerprint density at radius 3 is 2.80 bits per heavy atom. The Morgan fingerprint density at radius 2 is 2.00 bits per heavy atom. The Bertz CT molecular complexity index is 796. The summed E-state index contributed by atoms with van der Waals surface area (Å²) in [5, 5.41) is 2.79. The number of halogens is 1. The molecule has 0 spiro atoms. The number of carbonyl (C=O) groups is 1. The van der Waals surface area contributed by atoms with Crippen LogP contribution in [0.15, 0.2) is 48.5 Å². The van der Waals surface area contributed by atoms with Gasteiger partial charge in [0, 0.05) is 18.2 Å². The maximum atomic E-state index is 13.6. The molecule has 0 unspecified atom stereocenters. The van der Waals surface area contributed by atoms with Crippen molar-refractivity contribution in [2.24, 2.45) is 0 Å². The van der Waals surface area contributed by atoms with Crippen molar-refractivity contribution in [3.8, 4) is 12.3 Å². The molecule has 3 rings (SSSR count). The maximum absolute atomic E-state index is 13.6. The molecule has 0 aromatic heterocycles. The van der Waals surface area contributed by atoms with E-state index in [0.29, 0.717) is 12.1 Å². The van der Waals surface area contributed by atoms with E-state index in [1.807, 2.05) is 17.0 Å². The van der Waals surface area contributed by atoms with Gasteiger partial charge in [0.15, 0.2) is 0 Å². The Morgan fingerprint density at radius 1 is 1.24 bits per heavy atom. The number of aryl methyl sites for hydroxylation is 1. The van der Waals surface area contributed by atoms with E-state index >= 15 is 0 Å². The van der Waals surface area contributed by atoms with Gasteiger partial charge in [-0.25, -0.2) is 4.39 Å². The molecule has 1 amide bonds. The van der Waals surface area contributed by atoms with Crippen LogP contribution in [-0.2, 0) is 17.8 Å². The van der Waals surface area contributed by atoms with E-state index < -0.39 is 0 Å². The minimum atomic E-state index is -0.312. The Kier molecular flexibility index (Phi) is 5.47. The highest BCUT2D eigenvalue weighted by Crippen LogP contribution is 2.35. The van der Waals surface area contributed by atoms with Gasteiger partial charge in [-0.3, -0.25) is 9.69 Å². The number of rotatable bonds is 6. The molecule has 1 N–H and O–H groups in total. The van der Waals surface area contributed by atoms with Crippen LogP contribution in [0.25, 0.3) is 0 Å². The third-order valence-corrected chi connectivity index (χ3v) is 4.62. The predicted octanol–water partition coefficient (Wildman–Crippen LogP) is 3.06. The van der Waals surface area contributed by atoms with Crippen LogP contribution in [0.5, 0.6) is 0 Å². The van der Waals surface area contributed by atoms with Crippen molar-refractivity contribution in [2.45, 2.75) is 25.4 Å². The fourth-order valence-electron chi connectivity index (χ4n) is 3.38. The van der Waals surface area contributed by atoms with Crippen molar-refractivity contribution >= 4 is 5.91 Å². The van der Waals surface area contributed by atoms with Gasteiger partial charge in [0.1, 0.15) is 5.82 Å². The number of nitrogens with zero attached hydrogens (tertiary/aromatic N) is 1. The van der Waals surface area contributed by atoms with Crippen molar-refractivity contribution in [1.82, 2.24) is 10.2 Å². The second kappa shape index (κ2) is 7.96. The molecule has 1 atom stereocenters. The highest BCUT2D eigenvalue weighted by atomic mass is 19.1. The van der Waals surface area contributed by atoms with Gasteiger partial charge < -0.3 is 5.32 Å². The normalized spacial score (nSPS) is 15.6. The molecular weight excluding hydrogens is 315 g/mol. The molecule has 128 valence electrons. The number of amides is 1. The monoisotopic (exact) mass is 336 g/mol. The third kappa shape index (κ3) is 4.07. The van der Waals surface area contributed by atoms with Gasteiger partial charge >= 0.3 is 0 Å². The Balaban J connectivity index is 1.63. The summed E-state index contributed by atoms with van der Waals surface area (Å²) in [6.45, 7) is 0.792. The van der Waals surface area contributed by atoms with E-state index in [4.69, 9.17) is 6.42 Å². The van der Waals surface area contributed by atoms with Crippen molar-refractivity contribution in [1.29, 1.82) is 0 Å². The number of hydrogen-bond acceptors (Lipinski definition) is 2. The molecule has 1 aliphatic carbocycles. The van der Waals surface area contributed by atoms with Crippen molar-refractivity contribution in [3.05, 3.63) is 71.0 Å². The van der Waals surface area contributed by atoms with E-state index in [0.717, 1.165) is 12.8 Å². The number of nitrogens with one attached hydrogen (secondary N) is 1. The van der Waals surface area contributed by atoms with Crippen molar-refractivity contribution in [3.63, 3.8) is 0 Å². The van der Waals surface area contributed by atoms with E-state index in [9.17, 15) is 9.18 Å². The smallest absolute Gasteiger partial charge is 0.234 e. The first-order chi connectivity index (χ1) is 12.2. The molecule has 0 saturated carbocycles. The topological polar surface area (TPSA) is 32.3 Å². The molecule has 25 heavy (non-hydrogen) atoms. The van der Waals surface area contributed by atoms with Crippen LogP contribution < -0.4 is 5.32 Å². The predicted molar refractivity (Wildman–Crippen MR) is 96.2 cm³/mol. The number of hydrogen-bond donors (Lipinski definition) is 1. The molecule has 0 fully saturated rings. The zero-order valence-corrected chi connectivity index (χ0v) is 14.0. The third-order valence-electron chi connectivity index (χ3n) is 4.62. The molecule has 0 heterocycles. The van der Waals surface area contributed by atoms with Gasteiger partial charge in [0.2, 0.25) is 5.91 Å². The van der Waals surface area contributed by atoms with Gasteiger partial charge in [-0.2, -0.15) is 0 Å². The van der Waals surface area contributed by atoms with E-state index in [-0.39, 0.29) is 30.9 Å².